The quantitative estimate of drug-likeness (QED) is 0.762. The summed E-state index contributed by atoms with van der Waals surface area (Å²) in [7, 11) is 0. The van der Waals surface area contributed by atoms with Crippen LogP contribution in [0, 0.1) is 5.92 Å². The van der Waals surface area contributed by atoms with Crippen LogP contribution < -0.4 is 5.32 Å². The van der Waals surface area contributed by atoms with Crippen molar-refractivity contribution in [2.45, 2.75) is 33.4 Å². The van der Waals surface area contributed by atoms with Gasteiger partial charge in [0.05, 0.1) is 6.54 Å². The minimum Gasteiger partial charge on any atom is -0.352 e. The van der Waals surface area contributed by atoms with Gasteiger partial charge < -0.3 is 10.2 Å². The molecule has 1 atom stereocenters. The molecular weight excluding hydrogens is 240 g/mol. The van der Waals surface area contributed by atoms with Crippen LogP contribution in [0.3, 0.4) is 0 Å². The third-order valence-electron chi connectivity index (χ3n) is 3.11. The first-order chi connectivity index (χ1) is 9.02. The van der Waals surface area contributed by atoms with Gasteiger partial charge in [0.25, 0.3) is 0 Å². The molecule has 1 aromatic rings. The van der Waals surface area contributed by atoms with Gasteiger partial charge in [-0.2, -0.15) is 0 Å². The predicted molar refractivity (Wildman–Crippen MR) is 75.4 cm³/mol. The van der Waals surface area contributed by atoms with Gasteiger partial charge in [0.2, 0.25) is 12.3 Å². The van der Waals surface area contributed by atoms with E-state index in [9.17, 15) is 9.59 Å². The molecule has 0 aliphatic heterocycles. The van der Waals surface area contributed by atoms with Crippen molar-refractivity contribution >= 4 is 12.3 Å². The smallest absolute Gasteiger partial charge is 0.239 e. The number of rotatable bonds is 7. The van der Waals surface area contributed by atoms with Crippen molar-refractivity contribution in [2.24, 2.45) is 5.92 Å². The van der Waals surface area contributed by atoms with E-state index in [4.69, 9.17) is 0 Å². The van der Waals surface area contributed by atoms with E-state index in [2.05, 4.69) is 5.32 Å². The van der Waals surface area contributed by atoms with Crippen LogP contribution in [0.4, 0.5) is 0 Å². The lowest BCUT2D eigenvalue weighted by atomic mass is 10.1. The lowest BCUT2D eigenvalue weighted by Crippen LogP contribution is -2.42. The summed E-state index contributed by atoms with van der Waals surface area (Å²) < 4.78 is 0. The van der Waals surface area contributed by atoms with Crippen molar-refractivity contribution in [3.63, 3.8) is 0 Å². The molecule has 0 heterocycles. The first-order valence-corrected chi connectivity index (χ1v) is 6.55. The fourth-order valence-electron chi connectivity index (χ4n) is 1.60. The summed E-state index contributed by atoms with van der Waals surface area (Å²) in [6.07, 6.45) is 0.715. The molecule has 0 radical (unpaired) electrons. The van der Waals surface area contributed by atoms with E-state index in [1.807, 2.05) is 51.1 Å². The molecule has 0 saturated heterocycles. The normalized spacial score (nSPS) is 12.0. The van der Waals surface area contributed by atoms with Crippen molar-refractivity contribution in [1.82, 2.24) is 10.2 Å². The Morgan fingerprint density at radius 1 is 1.26 bits per heavy atom. The van der Waals surface area contributed by atoms with Gasteiger partial charge in [0.1, 0.15) is 0 Å². The second-order valence-electron chi connectivity index (χ2n) is 5.10. The number of hydrogen-bond acceptors (Lipinski definition) is 2. The lowest BCUT2D eigenvalue weighted by Gasteiger charge is -2.21. The van der Waals surface area contributed by atoms with E-state index in [0.29, 0.717) is 18.9 Å². The molecule has 4 heteroatoms. The Morgan fingerprint density at radius 3 is 2.42 bits per heavy atom. The Labute approximate surface area is 114 Å². The Morgan fingerprint density at radius 2 is 1.89 bits per heavy atom. The SMILES string of the molecule is CC(C)C(C)NC(=O)CN(C=O)Cc1ccccc1. The largest absolute Gasteiger partial charge is 0.352 e. The number of carbonyl (C=O) groups is 2. The molecule has 0 aliphatic rings. The molecule has 1 unspecified atom stereocenters. The molecule has 1 aromatic carbocycles. The standard InChI is InChI=1S/C15H22N2O2/c1-12(2)13(3)16-15(19)10-17(11-18)9-14-7-5-4-6-8-14/h4-8,11-13H,9-10H2,1-3H3,(H,16,19). The minimum atomic E-state index is -0.121. The average Bonchev–Trinajstić information content (AvgIpc) is 2.38. The number of nitrogens with one attached hydrogen (secondary N) is 1. The highest BCUT2D eigenvalue weighted by Gasteiger charge is 2.13. The fourth-order valence-corrected chi connectivity index (χ4v) is 1.60. The van der Waals surface area contributed by atoms with Gasteiger partial charge in [0.15, 0.2) is 0 Å². The van der Waals surface area contributed by atoms with Crippen molar-refractivity contribution < 1.29 is 9.59 Å². The predicted octanol–water partition coefficient (Wildman–Crippen LogP) is 1.81. The number of benzene rings is 1. The number of amides is 2. The number of nitrogens with zero attached hydrogens (tertiary/aromatic N) is 1. The molecule has 1 N–H and O–H groups in total. The Bertz CT molecular complexity index is 404. The fraction of sp³-hybridized carbons (Fsp3) is 0.467. The van der Waals surface area contributed by atoms with Gasteiger partial charge in [-0.3, -0.25) is 9.59 Å². The van der Waals surface area contributed by atoms with Gasteiger partial charge in [-0.05, 0) is 18.4 Å². The minimum absolute atomic E-state index is 0.0927. The molecule has 0 fully saturated rings. The van der Waals surface area contributed by atoms with Crippen LogP contribution in [0.5, 0.6) is 0 Å². The topological polar surface area (TPSA) is 49.4 Å². The second-order valence-corrected chi connectivity index (χ2v) is 5.10. The molecule has 4 nitrogen and oxygen atoms in total. The van der Waals surface area contributed by atoms with E-state index in [1.165, 1.54) is 4.90 Å². The first-order valence-electron chi connectivity index (χ1n) is 6.55. The van der Waals surface area contributed by atoms with Crippen molar-refractivity contribution in [3.8, 4) is 0 Å². The summed E-state index contributed by atoms with van der Waals surface area (Å²) in [6.45, 7) is 6.60. The van der Waals surface area contributed by atoms with Crippen LogP contribution in [-0.2, 0) is 16.1 Å². The lowest BCUT2D eigenvalue weighted by molar-refractivity contribution is -0.129. The van der Waals surface area contributed by atoms with Crippen LogP contribution in [-0.4, -0.2) is 29.8 Å². The Hall–Kier alpha value is -1.84. The Kier molecular flexibility index (Phi) is 6.06. The summed E-state index contributed by atoms with van der Waals surface area (Å²) >= 11 is 0. The maximum atomic E-state index is 11.8. The van der Waals surface area contributed by atoms with Crippen molar-refractivity contribution in [2.75, 3.05) is 6.54 Å². The first kappa shape index (κ1) is 15.2. The van der Waals surface area contributed by atoms with E-state index in [-0.39, 0.29) is 18.5 Å². The van der Waals surface area contributed by atoms with Crippen LogP contribution >= 0.6 is 0 Å². The van der Waals surface area contributed by atoms with Crippen LogP contribution in [0.15, 0.2) is 30.3 Å². The van der Waals surface area contributed by atoms with Gasteiger partial charge in [-0.1, -0.05) is 44.2 Å². The van der Waals surface area contributed by atoms with Gasteiger partial charge in [0, 0.05) is 12.6 Å². The van der Waals surface area contributed by atoms with Gasteiger partial charge >= 0.3 is 0 Å². The van der Waals surface area contributed by atoms with E-state index in [1.54, 1.807) is 0 Å². The van der Waals surface area contributed by atoms with Crippen LogP contribution in [0.2, 0.25) is 0 Å². The summed E-state index contributed by atoms with van der Waals surface area (Å²) in [4.78, 5) is 24.3. The maximum absolute atomic E-state index is 11.8. The van der Waals surface area contributed by atoms with Crippen molar-refractivity contribution in [1.29, 1.82) is 0 Å². The summed E-state index contributed by atoms with van der Waals surface area (Å²) in [5, 5.41) is 2.89. The van der Waals surface area contributed by atoms with Crippen LogP contribution in [0.1, 0.15) is 26.3 Å². The molecule has 0 aliphatic carbocycles. The molecule has 104 valence electrons. The number of hydrogen-bond donors (Lipinski definition) is 1. The molecule has 19 heavy (non-hydrogen) atoms. The molecular formula is C15H22N2O2. The second kappa shape index (κ2) is 7.56. The molecule has 0 spiro atoms. The Balaban J connectivity index is 2.48. The highest BCUT2D eigenvalue weighted by Crippen LogP contribution is 2.03. The summed E-state index contributed by atoms with van der Waals surface area (Å²) in [5.74, 6) is 0.256. The molecule has 0 bridgehead atoms. The third kappa shape index (κ3) is 5.55. The molecule has 2 amide bonds. The van der Waals surface area contributed by atoms with E-state index >= 15 is 0 Å². The monoisotopic (exact) mass is 262 g/mol. The third-order valence-corrected chi connectivity index (χ3v) is 3.11. The molecule has 1 rings (SSSR count). The maximum Gasteiger partial charge on any atom is 0.239 e. The van der Waals surface area contributed by atoms with Gasteiger partial charge in [-0.25, -0.2) is 0 Å². The highest BCUT2D eigenvalue weighted by molar-refractivity contribution is 5.80. The molecule has 0 aromatic heterocycles. The van der Waals surface area contributed by atoms with E-state index in [0.717, 1.165) is 5.56 Å². The summed E-state index contributed by atoms with van der Waals surface area (Å²) in [5.41, 5.74) is 1.01. The molecule has 0 saturated carbocycles. The van der Waals surface area contributed by atoms with Crippen LogP contribution in [0.25, 0.3) is 0 Å². The zero-order valence-electron chi connectivity index (χ0n) is 11.8. The van der Waals surface area contributed by atoms with Gasteiger partial charge in [-0.15, -0.1) is 0 Å². The highest BCUT2D eigenvalue weighted by atomic mass is 16.2. The summed E-state index contributed by atoms with van der Waals surface area (Å²) in [6, 6.07) is 9.73. The number of carbonyl (C=O) groups excluding carboxylic acids is 2. The zero-order valence-corrected chi connectivity index (χ0v) is 11.8. The average molecular weight is 262 g/mol. The van der Waals surface area contributed by atoms with Crippen molar-refractivity contribution in [3.05, 3.63) is 35.9 Å². The zero-order chi connectivity index (χ0) is 14.3. The van der Waals surface area contributed by atoms with E-state index < -0.39 is 0 Å².